The van der Waals surface area contributed by atoms with Gasteiger partial charge < -0.3 is 4.90 Å². The van der Waals surface area contributed by atoms with Gasteiger partial charge in [-0.1, -0.05) is 98.0 Å². The minimum atomic E-state index is -0.251. The number of thioether (sulfide) groups is 1. The Morgan fingerprint density at radius 2 is 1.67 bits per heavy atom. The Bertz CT molecular complexity index is 1580. The van der Waals surface area contributed by atoms with E-state index in [1.54, 1.807) is 9.47 Å². The van der Waals surface area contributed by atoms with Crippen LogP contribution in [0.25, 0.3) is 6.08 Å². The lowest BCUT2D eigenvalue weighted by Crippen LogP contribution is -2.40. The summed E-state index contributed by atoms with van der Waals surface area (Å²) in [4.78, 5) is 31.7. The van der Waals surface area contributed by atoms with Crippen LogP contribution in [0.4, 0.5) is 5.82 Å². The fourth-order valence-corrected chi connectivity index (χ4v) is 7.08. The SMILES string of the molecule is CCCCn1c(N2CCC(Cc3ccccc3)CC2)c(/C=C2/SC(=S)N(Cc3ccccc3)C2=O)c(C)c(C#N)c1=O. The van der Waals surface area contributed by atoms with Gasteiger partial charge in [0, 0.05) is 25.2 Å². The molecular formula is C34H36N4O2S2. The lowest BCUT2D eigenvalue weighted by molar-refractivity contribution is -0.122. The molecule has 3 aromatic rings. The van der Waals surface area contributed by atoms with Gasteiger partial charge in [0.2, 0.25) is 0 Å². The lowest BCUT2D eigenvalue weighted by Gasteiger charge is -2.36. The topological polar surface area (TPSA) is 69.3 Å². The molecule has 2 aliphatic rings. The van der Waals surface area contributed by atoms with Crippen LogP contribution in [0, 0.1) is 24.2 Å². The third-order valence-electron chi connectivity index (χ3n) is 8.20. The van der Waals surface area contributed by atoms with Crippen LogP contribution in [0.15, 0.2) is 70.4 Å². The molecular weight excluding hydrogens is 561 g/mol. The van der Waals surface area contributed by atoms with Crippen molar-refractivity contribution in [3.63, 3.8) is 0 Å². The van der Waals surface area contributed by atoms with Gasteiger partial charge in [-0.25, -0.2) is 0 Å². The fraction of sp³-hybridized carbons (Fsp3) is 0.353. The first-order valence-electron chi connectivity index (χ1n) is 14.7. The zero-order valence-corrected chi connectivity index (χ0v) is 25.8. The number of rotatable bonds is 9. The molecule has 8 heteroatoms. The van der Waals surface area contributed by atoms with Crippen LogP contribution >= 0.6 is 24.0 Å². The summed E-state index contributed by atoms with van der Waals surface area (Å²) in [6.45, 7) is 6.47. The number of hydrogen-bond acceptors (Lipinski definition) is 6. The number of amides is 1. The molecule has 0 spiro atoms. The van der Waals surface area contributed by atoms with Gasteiger partial charge in [0.05, 0.1) is 11.4 Å². The van der Waals surface area contributed by atoms with Crippen molar-refractivity contribution < 1.29 is 4.79 Å². The molecule has 0 unspecified atom stereocenters. The van der Waals surface area contributed by atoms with E-state index < -0.39 is 0 Å². The summed E-state index contributed by atoms with van der Waals surface area (Å²) in [5, 5.41) is 10.0. The number of nitrogens with zero attached hydrogens (tertiary/aromatic N) is 4. The predicted molar refractivity (Wildman–Crippen MR) is 175 cm³/mol. The summed E-state index contributed by atoms with van der Waals surface area (Å²) in [5.74, 6) is 1.23. The summed E-state index contributed by atoms with van der Waals surface area (Å²) in [6, 6.07) is 22.6. The first kappa shape index (κ1) is 29.8. The van der Waals surface area contributed by atoms with E-state index in [9.17, 15) is 14.9 Å². The number of carbonyl (C=O) groups excluding carboxylic acids is 1. The van der Waals surface area contributed by atoms with Crippen LogP contribution in [0.3, 0.4) is 0 Å². The number of nitriles is 1. The molecule has 42 heavy (non-hydrogen) atoms. The highest BCUT2D eigenvalue weighted by molar-refractivity contribution is 8.26. The second-order valence-electron chi connectivity index (χ2n) is 11.0. The highest BCUT2D eigenvalue weighted by Gasteiger charge is 2.34. The molecule has 0 saturated carbocycles. The smallest absolute Gasteiger partial charge is 0.270 e. The second-order valence-corrected chi connectivity index (χ2v) is 12.7. The highest BCUT2D eigenvalue weighted by Crippen LogP contribution is 2.37. The number of hydrogen-bond donors (Lipinski definition) is 0. The number of unbranched alkanes of at least 4 members (excludes halogenated alkanes) is 1. The first-order valence-corrected chi connectivity index (χ1v) is 15.9. The van der Waals surface area contributed by atoms with Crippen molar-refractivity contribution in [2.24, 2.45) is 5.92 Å². The zero-order chi connectivity index (χ0) is 29.6. The molecule has 0 N–H and O–H groups in total. The summed E-state index contributed by atoms with van der Waals surface area (Å²) in [5.41, 5.74) is 3.63. The molecule has 0 aliphatic carbocycles. The summed E-state index contributed by atoms with van der Waals surface area (Å²) in [7, 11) is 0. The Morgan fingerprint density at radius 3 is 2.29 bits per heavy atom. The van der Waals surface area contributed by atoms with Crippen molar-refractivity contribution in [3.8, 4) is 6.07 Å². The molecule has 5 rings (SSSR count). The van der Waals surface area contributed by atoms with Gasteiger partial charge >= 0.3 is 0 Å². The number of anilines is 1. The fourth-order valence-electron chi connectivity index (χ4n) is 5.84. The first-order chi connectivity index (χ1) is 20.4. The van der Waals surface area contributed by atoms with Crippen LogP contribution in [0.1, 0.15) is 60.4 Å². The van der Waals surface area contributed by atoms with Gasteiger partial charge in [0.15, 0.2) is 0 Å². The van der Waals surface area contributed by atoms with E-state index in [2.05, 4.69) is 42.2 Å². The monoisotopic (exact) mass is 596 g/mol. The van der Waals surface area contributed by atoms with Gasteiger partial charge in [-0.3, -0.25) is 19.1 Å². The Balaban J connectivity index is 1.51. The standard InChI is InChI=1S/C34H36N4O2S2/c1-3-4-17-37-31(36-18-15-26(16-19-36)20-25-11-7-5-8-12-25)28(24(2)29(22-35)32(37)39)21-30-33(40)38(34(41)42-30)23-27-13-9-6-10-14-27/h5-14,21,26H,3-4,15-20,23H2,1-2H3/b30-21+. The number of aromatic nitrogens is 1. The van der Waals surface area contributed by atoms with E-state index in [4.69, 9.17) is 12.2 Å². The third-order valence-corrected chi connectivity index (χ3v) is 9.57. The van der Waals surface area contributed by atoms with Crippen molar-refractivity contribution >= 4 is 46.1 Å². The highest BCUT2D eigenvalue weighted by atomic mass is 32.2. The lowest BCUT2D eigenvalue weighted by atomic mass is 9.90. The van der Waals surface area contributed by atoms with Crippen LogP contribution in [-0.4, -0.2) is 32.8 Å². The molecule has 3 heterocycles. The van der Waals surface area contributed by atoms with E-state index in [-0.39, 0.29) is 17.0 Å². The molecule has 1 aromatic heterocycles. The van der Waals surface area contributed by atoms with Crippen molar-refractivity contribution in [1.82, 2.24) is 9.47 Å². The average molecular weight is 597 g/mol. The van der Waals surface area contributed by atoms with E-state index >= 15 is 0 Å². The maximum absolute atomic E-state index is 13.6. The Morgan fingerprint density at radius 1 is 1.02 bits per heavy atom. The minimum absolute atomic E-state index is 0.139. The van der Waals surface area contributed by atoms with Crippen LogP contribution < -0.4 is 10.5 Å². The maximum Gasteiger partial charge on any atom is 0.270 e. The predicted octanol–water partition coefficient (Wildman–Crippen LogP) is 6.69. The van der Waals surface area contributed by atoms with Crippen molar-refractivity contribution in [3.05, 3.63) is 104 Å². The molecule has 216 valence electrons. The molecule has 6 nitrogen and oxygen atoms in total. The van der Waals surface area contributed by atoms with Crippen molar-refractivity contribution in [2.75, 3.05) is 18.0 Å². The van der Waals surface area contributed by atoms with Gasteiger partial charge in [0.1, 0.15) is 21.8 Å². The number of piperidine rings is 1. The van der Waals surface area contributed by atoms with Gasteiger partial charge in [-0.05, 0) is 61.3 Å². The molecule has 2 aliphatic heterocycles. The Labute approximate surface area is 257 Å². The molecule has 0 bridgehead atoms. The van der Waals surface area contributed by atoms with Gasteiger partial charge in [0.25, 0.3) is 11.5 Å². The van der Waals surface area contributed by atoms with Crippen molar-refractivity contribution in [1.29, 1.82) is 5.26 Å². The zero-order valence-electron chi connectivity index (χ0n) is 24.2. The van der Waals surface area contributed by atoms with Gasteiger partial charge in [-0.15, -0.1) is 0 Å². The molecule has 2 fully saturated rings. The number of pyridine rings is 1. The number of benzene rings is 2. The third kappa shape index (κ3) is 6.38. The number of carbonyl (C=O) groups is 1. The largest absolute Gasteiger partial charge is 0.357 e. The van der Waals surface area contributed by atoms with E-state index in [0.717, 1.165) is 62.1 Å². The average Bonchev–Trinajstić information content (AvgIpc) is 3.27. The van der Waals surface area contributed by atoms with Crippen LogP contribution in [0.2, 0.25) is 0 Å². The Kier molecular flexibility index (Phi) is 9.61. The van der Waals surface area contributed by atoms with Crippen LogP contribution in [-0.2, 0) is 24.3 Å². The minimum Gasteiger partial charge on any atom is -0.357 e. The van der Waals surface area contributed by atoms with Crippen LogP contribution in [0.5, 0.6) is 0 Å². The second kappa shape index (κ2) is 13.5. The molecule has 0 radical (unpaired) electrons. The molecule has 0 atom stereocenters. The summed E-state index contributed by atoms with van der Waals surface area (Å²) in [6.07, 6.45) is 6.68. The van der Waals surface area contributed by atoms with E-state index in [1.807, 2.05) is 49.4 Å². The molecule has 2 aromatic carbocycles. The van der Waals surface area contributed by atoms with E-state index in [0.29, 0.717) is 33.8 Å². The normalized spacial score (nSPS) is 16.8. The van der Waals surface area contributed by atoms with E-state index in [1.165, 1.54) is 17.3 Å². The summed E-state index contributed by atoms with van der Waals surface area (Å²) >= 11 is 6.91. The quantitative estimate of drug-likeness (QED) is 0.203. The Hall–Kier alpha value is -3.67. The summed E-state index contributed by atoms with van der Waals surface area (Å²) < 4.78 is 2.29. The number of thiocarbonyl (C=S) groups is 1. The van der Waals surface area contributed by atoms with Crippen molar-refractivity contribution in [2.45, 2.75) is 59.0 Å². The maximum atomic E-state index is 13.6. The van der Waals surface area contributed by atoms with Gasteiger partial charge in [-0.2, -0.15) is 5.26 Å². The molecule has 1 amide bonds. The molecule has 2 saturated heterocycles.